The van der Waals surface area contributed by atoms with E-state index in [9.17, 15) is 10.1 Å². The van der Waals surface area contributed by atoms with Crippen LogP contribution < -0.4 is 4.80 Å². The molecule has 3 aromatic rings. The standard InChI is InChI=1S/C17H15N5O2S/c1-12(15-8-3-4-9-19-15)20-21-16(11-25-17(21)18-2)13-6-5-7-14(10-13)22(23)24/h3-11H,1-2H3. The van der Waals surface area contributed by atoms with Crippen molar-refractivity contribution < 1.29 is 4.92 Å². The number of benzene rings is 1. The van der Waals surface area contributed by atoms with Gasteiger partial charge >= 0.3 is 0 Å². The van der Waals surface area contributed by atoms with Crippen molar-refractivity contribution in [3.05, 3.63) is 74.7 Å². The molecule has 0 atom stereocenters. The summed E-state index contributed by atoms with van der Waals surface area (Å²) in [6, 6.07) is 12.1. The van der Waals surface area contributed by atoms with Crippen molar-refractivity contribution in [1.82, 2.24) is 9.66 Å². The Morgan fingerprint density at radius 1 is 1.28 bits per heavy atom. The van der Waals surface area contributed by atoms with Gasteiger partial charge in [0.25, 0.3) is 5.69 Å². The molecule has 0 bridgehead atoms. The van der Waals surface area contributed by atoms with Gasteiger partial charge in [-0.2, -0.15) is 5.10 Å². The van der Waals surface area contributed by atoms with E-state index in [-0.39, 0.29) is 5.69 Å². The van der Waals surface area contributed by atoms with E-state index in [4.69, 9.17) is 0 Å². The molecule has 0 unspecified atom stereocenters. The summed E-state index contributed by atoms with van der Waals surface area (Å²) in [5.74, 6) is 0. The molecule has 7 nitrogen and oxygen atoms in total. The van der Waals surface area contributed by atoms with E-state index in [2.05, 4.69) is 15.1 Å². The van der Waals surface area contributed by atoms with Crippen LogP contribution in [0.5, 0.6) is 0 Å². The number of pyridine rings is 1. The second-order valence-corrected chi connectivity index (χ2v) is 5.98. The molecule has 3 rings (SSSR count). The third-order valence-corrected chi connectivity index (χ3v) is 4.42. The molecular formula is C17H15N5O2S. The Balaban J connectivity index is 2.14. The highest BCUT2D eigenvalue weighted by Gasteiger charge is 2.12. The molecule has 0 fully saturated rings. The fraction of sp³-hybridized carbons (Fsp3) is 0.118. The van der Waals surface area contributed by atoms with Crippen LogP contribution in [0.3, 0.4) is 0 Å². The zero-order valence-corrected chi connectivity index (χ0v) is 14.5. The van der Waals surface area contributed by atoms with Gasteiger partial charge in [0.05, 0.1) is 22.0 Å². The third kappa shape index (κ3) is 3.53. The minimum atomic E-state index is -0.409. The average Bonchev–Trinajstić information content (AvgIpc) is 3.05. The largest absolute Gasteiger partial charge is 0.270 e. The second kappa shape index (κ2) is 7.18. The van der Waals surface area contributed by atoms with Gasteiger partial charge in [0.1, 0.15) is 0 Å². The zero-order chi connectivity index (χ0) is 17.8. The highest BCUT2D eigenvalue weighted by Crippen LogP contribution is 2.24. The van der Waals surface area contributed by atoms with Gasteiger partial charge in [0.2, 0.25) is 4.80 Å². The molecular weight excluding hydrogens is 338 g/mol. The molecule has 0 radical (unpaired) electrons. The Morgan fingerprint density at radius 3 is 2.80 bits per heavy atom. The molecule has 0 N–H and O–H groups in total. The topological polar surface area (TPSA) is 85.7 Å². The number of non-ortho nitro benzene ring substituents is 1. The first-order chi connectivity index (χ1) is 12.1. The summed E-state index contributed by atoms with van der Waals surface area (Å²) in [6.07, 6.45) is 1.71. The van der Waals surface area contributed by atoms with Crippen molar-refractivity contribution in [2.75, 3.05) is 7.05 Å². The van der Waals surface area contributed by atoms with Crippen LogP contribution in [0, 0.1) is 10.1 Å². The van der Waals surface area contributed by atoms with Gasteiger partial charge in [-0.15, -0.1) is 11.3 Å². The maximum atomic E-state index is 11.0. The van der Waals surface area contributed by atoms with E-state index in [1.54, 1.807) is 24.0 Å². The van der Waals surface area contributed by atoms with E-state index in [1.807, 2.05) is 36.6 Å². The smallest absolute Gasteiger partial charge is 0.261 e. The molecule has 2 heterocycles. The number of rotatable bonds is 4. The molecule has 0 amide bonds. The van der Waals surface area contributed by atoms with Crippen molar-refractivity contribution >= 4 is 22.7 Å². The number of aromatic nitrogens is 2. The summed E-state index contributed by atoms with van der Waals surface area (Å²) in [5.41, 5.74) is 2.96. The molecule has 8 heteroatoms. The average molecular weight is 353 g/mol. The highest BCUT2D eigenvalue weighted by atomic mass is 32.1. The van der Waals surface area contributed by atoms with Crippen molar-refractivity contribution in [3.8, 4) is 11.3 Å². The lowest BCUT2D eigenvalue weighted by Gasteiger charge is -2.05. The Hall–Kier alpha value is -3.13. The van der Waals surface area contributed by atoms with E-state index in [0.717, 1.165) is 17.1 Å². The maximum absolute atomic E-state index is 11.0. The Labute approximate surface area is 147 Å². The van der Waals surface area contributed by atoms with Gasteiger partial charge in [-0.1, -0.05) is 18.2 Å². The third-order valence-electron chi connectivity index (χ3n) is 3.51. The number of nitro benzene ring substituents is 1. The predicted molar refractivity (Wildman–Crippen MR) is 97.7 cm³/mol. The van der Waals surface area contributed by atoms with Crippen LogP contribution >= 0.6 is 11.3 Å². The molecule has 0 aliphatic rings. The summed E-state index contributed by atoms with van der Waals surface area (Å²) < 4.78 is 1.69. The lowest BCUT2D eigenvalue weighted by molar-refractivity contribution is -0.384. The molecule has 2 aromatic heterocycles. The van der Waals surface area contributed by atoms with Crippen LogP contribution in [-0.4, -0.2) is 27.3 Å². The second-order valence-electron chi connectivity index (χ2n) is 5.15. The quantitative estimate of drug-likeness (QED) is 0.409. The predicted octanol–water partition coefficient (Wildman–Crippen LogP) is 3.32. The summed E-state index contributed by atoms with van der Waals surface area (Å²) in [6.45, 7) is 1.86. The first-order valence-electron chi connectivity index (χ1n) is 7.45. The normalized spacial score (nSPS) is 12.4. The van der Waals surface area contributed by atoms with Crippen molar-refractivity contribution in [2.45, 2.75) is 6.92 Å². The Morgan fingerprint density at radius 2 is 2.12 bits per heavy atom. The SMILES string of the molecule is CN=c1scc(-c2cccc([N+](=O)[O-])c2)n1N=C(C)c1ccccn1. The van der Waals surface area contributed by atoms with E-state index < -0.39 is 4.92 Å². The van der Waals surface area contributed by atoms with Gasteiger partial charge in [0, 0.05) is 36.3 Å². The van der Waals surface area contributed by atoms with Crippen LogP contribution in [0.15, 0.2) is 64.1 Å². The highest BCUT2D eigenvalue weighted by molar-refractivity contribution is 7.07. The lowest BCUT2D eigenvalue weighted by atomic mass is 10.1. The maximum Gasteiger partial charge on any atom is 0.270 e. The molecule has 0 saturated heterocycles. The number of nitro groups is 1. The summed E-state index contributed by atoms with van der Waals surface area (Å²) in [4.78, 5) is 19.9. The summed E-state index contributed by atoms with van der Waals surface area (Å²) in [5, 5.41) is 17.6. The monoisotopic (exact) mass is 353 g/mol. The molecule has 126 valence electrons. The lowest BCUT2D eigenvalue weighted by Crippen LogP contribution is -2.14. The minimum Gasteiger partial charge on any atom is -0.261 e. The van der Waals surface area contributed by atoms with Crippen LogP contribution in [0.25, 0.3) is 11.3 Å². The number of hydrogen-bond acceptors (Lipinski definition) is 6. The number of hydrogen-bond donors (Lipinski definition) is 0. The van der Waals surface area contributed by atoms with E-state index in [0.29, 0.717) is 10.4 Å². The van der Waals surface area contributed by atoms with Crippen LogP contribution in [0.1, 0.15) is 12.6 Å². The van der Waals surface area contributed by atoms with Crippen molar-refractivity contribution in [2.24, 2.45) is 10.1 Å². The van der Waals surface area contributed by atoms with Crippen LogP contribution in [0.4, 0.5) is 5.69 Å². The summed E-state index contributed by atoms with van der Waals surface area (Å²) in [7, 11) is 1.69. The molecule has 0 aliphatic heterocycles. The zero-order valence-electron chi connectivity index (χ0n) is 13.7. The first kappa shape index (κ1) is 16.7. The minimum absolute atomic E-state index is 0.0377. The van der Waals surface area contributed by atoms with Gasteiger partial charge in [0.15, 0.2) is 0 Å². The summed E-state index contributed by atoms with van der Waals surface area (Å²) >= 11 is 1.42. The van der Waals surface area contributed by atoms with E-state index >= 15 is 0 Å². The molecule has 0 aliphatic carbocycles. The van der Waals surface area contributed by atoms with Gasteiger partial charge in [-0.05, 0) is 19.1 Å². The molecule has 0 saturated carbocycles. The van der Waals surface area contributed by atoms with Gasteiger partial charge < -0.3 is 0 Å². The van der Waals surface area contributed by atoms with E-state index in [1.165, 1.54) is 23.5 Å². The Kier molecular flexibility index (Phi) is 4.80. The molecule has 1 aromatic carbocycles. The number of thiazole rings is 1. The van der Waals surface area contributed by atoms with Gasteiger partial charge in [-0.3, -0.25) is 20.1 Å². The molecule has 25 heavy (non-hydrogen) atoms. The molecule has 0 spiro atoms. The van der Waals surface area contributed by atoms with Crippen LogP contribution in [0.2, 0.25) is 0 Å². The fourth-order valence-electron chi connectivity index (χ4n) is 2.30. The van der Waals surface area contributed by atoms with Gasteiger partial charge in [-0.25, -0.2) is 4.68 Å². The Bertz CT molecular complexity index is 1010. The van der Waals surface area contributed by atoms with Crippen molar-refractivity contribution in [1.29, 1.82) is 0 Å². The first-order valence-corrected chi connectivity index (χ1v) is 8.33. The van der Waals surface area contributed by atoms with Crippen molar-refractivity contribution in [3.63, 3.8) is 0 Å². The van der Waals surface area contributed by atoms with Crippen LogP contribution in [-0.2, 0) is 0 Å². The number of nitrogens with zero attached hydrogens (tertiary/aromatic N) is 5. The fourth-order valence-corrected chi connectivity index (χ4v) is 3.10.